The predicted octanol–water partition coefficient (Wildman–Crippen LogP) is 3.57. The van der Waals surface area contributed by atoms with Gasteiger partial charge in [-0.25, -0.2) is 0 Å². The molecule has 3 nitrogen and oxygen atoms in total. The highest BCUT2D eigenvalue weighted by Gasteiger charge is 2.12. The first kappa shape index (κ1) is 15.3. The number of hydrogen-bond acceptors (Lipinski definition) is 3. The molecule has 1 aromatic carbocycles. The van der Waals surface area contributed by atoms with Gasteiger partial charge in [-0.3, -0.25) is 4.79 Å². The Morgan fingerprint density at radius 1 is 1.11 bits per heavy atom. The van der Waals surface area contributed by atoms with Gasteiger partial charge in [-0.15, -0.1) is 0 Å². The quantitative estimate of drug-likeness (QED) is 0.507. The van der Waals surface area contributed by atoms with Crippen LogP contribution in [-0.2, 0) is 20.3 Å². The minimum absolute atomic E-state index is 0.234. The largest absolute Gasteiger partial charge is 0.337 e. The number of ketones is 1. The van der Waals surface area contributed by atoms with Gasteiger partial charge in [-0.2, -0.15) is 0 Å². The first-order chi connectivity index (χ1) is 8.76. The molecule has 0 unspecified atom stereocenters. The second kappa shape index (κ2) is 9.21. The van der Waals surface area contributed by atoms with E-state index < -0.39 is 8.38 Å². The van der Waals surface area contributed by atoms with Gasteiger partial charge in [0.25, 0.3) is 0 Å². The van der Waals surface area contributed by atoms with E-state index in [1.165, 1.54) is 5.56 Å². The molecule has 0 aliphatic rings. The van der Waals surface area contributed by atoms with E-state index in [-0.39, 0.29) is 5.78 Å². The molecule has 0 aliphatic carbocycles. The van der Waals surface area contributed by atoms with Crippen LogP contribution in [0.1, 0.15) is 24.8 Å². The summed E-state index contributed by atoms with van der Waals surface area (Å²) < 4.78 is 10.1. The number of hydrogen-bond donors (Lipinski definition) is 0. The van der Waals surface area contributed by atoms with Crippen LogP contribution in [0.5, 0.6) is 0 Å². The van der Waals surface area contributed by atoms with E-state index in [1.807, 2.05) is 18.2 Å². The third kappa shape index (κ3) is 6.25. The molecule has 0 spiro atoms. The minimum Gasteiger partial charge on any atom is -0.337 e. The zero-order valence-electron chi connectivity index (χ0n) is 11.1. The van der Waals surface area contributed by atoms with Crippen LogP contribution in [0.2, 0.25) is 0 Å². The topological polar surface area (TPSA) is 35.5 Å². The standard InChI is InChI=1S/C14H21O3P/c1-16-18(17-2)12-14(15)11-7-6-10-13-8-4-3-5-9-13/h3-5,8-9H,6-7,10-12H2,1-2H3. The van der Waals surface area contributed by atoms with Crippen molar-refractivity contribution >= 4 is 14.2 Å². The van der Waals surface area contributed by atoms with Gasteiger partial charge in [0, 0.05) is 20.6 Å². The van der Waals surface area contributed by atoms with Crippen LogP contribution in [-0.4, -0.2) is 26.2 Å². The molecule has 1 rings (SSSR count). The summed E-state index contributed by atoms with van der Waals surface area (Å²) in [6.07, 6.45) is 4.06. The average Bonchev–Trinajstić information content (AvgIpc) is 2.42. The molecule has 0 saturated heterocycles. The molecule has 0 fully saturated rings. The van der Waals surface area contributed by atoms with Gasteiger partial charge in [0.05, 0.1) is 6.16 Å². The molecule has 0 amide bonds. The van der Waals surface area contributed by atoms with E-state index in [2.05, 4.69) is 12.1 Å². The highest BCUT2D eigenvalue weighted by Crippen LogP contribution is 2.35. The number of unbranched alkanes of at least 4 members (excludes halogenated alkanes) is 1. The Morgan fingerprint density at radius 3 is 2.39 bits per heavy atom. The zero-order valence-corrected chi connectivity index (χ0v) is 12.0. The maximum absolute atomic E-state index is 11.6. The first-order valence-electron chi connectivity index (χ1n) is 6.17. The van der Waals surface area contributed by atoms with Gasteiger partial charge in [0.15, 0.2) is 8.38 Å². The van der Waals surface area contributed by atoms with Crippen molar-refractivity contribution in [3.63, 3.8) is 0 Å². The highest BCUT2D eigenvalue weighted by molar-refractivity contribution is 7.48. The summed E-state index contributed by atoms with van der Waals surface area (Å²) in [5.74, 6) is 0.234. The van der Waals surface area contributed by atoms with Gasteiger partial charge >= 0.3 is 0 Å². The molecule has 0 saturated carbocycles. The molecule has 0 aliphatic heterocycles. The number of carbonyl (C=O) groups excluding carboxylic acids is 1. The molecular weight excluding hydrogens is 247 g/mol. The highest BCUT2D eigenvalue weighted by atomic mass is 31.2. The summed E-state index contributed by atoms with van der Waals surface area (Å²) in [7, 11) is 2.15. The van der Waals surface area contributed by atoms with E-state index in [9.17, 15) is 4.79 Å². The molecule has 0 bridgehead atoms. The molecule has 100 valence electrons. The summed E-state index contributed by atoms with van der Waals surface area (Å²) in [4.78, 5) is 11.6. The van der Waals surface area contributed by atoms with Crippen molar-refractivity contribution < 1.29 is 13.8 Å². The second-order valence-corrected chi connectivity index (χ2v) is 5.80. The van der Waals surface area contributed by atoms with Crippen molar-refractivity contribution in [3.05, 3.63) is 35.9 Å². The lowest BCUT2D eigenvalue weighted by molar-refractivity contribution is -0.116. The fourth-order valence-corrected chi connectivity index (χ4v) is 2.58. The lowest BCUT2D eigenvalue weighted by atomic mass is 10.1. The van der Waals surface area contributed by atoms with E-state index in [4.69, 9.17) is 9.05 Å². The molecule has 0 heterocycles. The molecule has 18 heavy (non-hydrogen) atoms. The van der Waals surface area contributed by atoms with Crippen molar-refractivity contribution in [2.75, 3.05) is 20.4 Å². The van der Waals surface area contributed by atoms with Gasteiger partial charge < -0.3 is 9.05 Å². The minimum atomic E-state index is -1.01. The lowest BCUT2D eigenvalue weighted by Gasteiger charge is -2.10. The smallest absolute Gasteiger partial charge is 0.177 e. The molecular formula is C14H21O3P. The van der Waals surface area contributed by atoms with Crippen molar-refractivity contribution in [1.29, 1.82) is 0 Å². The molecule has 0 radical (unpaired) electrons. The van der Waals surface area contributed by atoms with Crippen LogP contribution in [0.4, 0.5) is 0 Å². The van der Waals surface area contributed by atoms with Crippen LogP contribution in [0.25, 0.3) is 0 Å². The van der Waals surface area contributed by atoms with E-state index >= 15 is 0 Å². The third-order valence-corrected chi connectivity index (χ3v) is 4.15. The average molecular weight is 268 g/mol. The lowest BCUT2D eigenvalue weighted by Crippen LogP contribution is -2.05. The van der Waals surface area contributed by atoms with Gasteiger partial charge in [-0.1, -0.05) is 30.3 Å². The number of benzene rings is 1. The normalized spacial score (nSPS) is 10.8. The Kier molecular flexibility index (Phi) is 7.83. The van der Waals surface area contributed by atoms with Crippen molar-refractivity contribution in [2.45, 2.75) is 25.7 Å². The van der Waals surface area contributed by atoms with Crippen molar-refractivity contribution in [2.24, 2.45) is 0 Å². The summed E-state index contributed by atoms with van der Waals surface area (Å²) in [6.45, 7) is 0. The van der Waals surface area contributed by atoms with Crippen LogP contribution in [0.15, 0.2) is 30.3 Å². The molecule has 4 heteroatoms. The fourth-order valence-electron chi connectivity index (χ4n) is 1.72. The summed E-state index contributed by atoms with van der Waals surface area (Å²) in [5, 5.41) is 0. The number of carbonyl (C=O) groups is 1. The third-order valence-electron chi connectivity index (χ3n) is 2.73. The van der Waals surface area contributed by atoms with E-state index in [0.717, 1.165) is 19.3 Å². The Hall–Kier alpha value is -0.760. The first-order valence-corrected chi connectivity index (χ1v) is 7.54. The van der Waals surface area contributed by atoms with Crippen LogP contribution in [0, 0.1) is 0 Å². The Bertz CT molecular complexity index is 336. The number of rotatable bonds is 9. The Balaban J connectivity index is 2.12. The van der Waals surface area contributed by atoms with Crippen molar-refractivity contribution in [1.82, 2.24) is 0 Å². The van der Waals surface area contributed by atoms with Gasteiger partial charge in [0.2, 0.25) is 0 Å². The van der Waals surface area contributed by atoms with E-state index in [0.29, 0.717) is 12.6 Å². The van der Waals surface area contributed by atoms with E-state index in [1.54, 1.807) is 14.2 Å². The number of Topliss-reactive ketones (excluding diaryl/α,β-unsaturated/α-hetero) is 1. The van der Waals surface area contributed by atoms with Gasteiger partial charge in [-0.05, 0) is 24.8 Å². The zero-order chi connectivity index (χ0) is 13.2. The predicted molar refractivity (Wildman–Crippen MR) is 74.8 cm³/mol. The van der Waals surface area contributed by atoms with Crippen LogP contribution in [0.3, 0.4) is 0 Å². The molecule has 0 N–H and O–H groups in total. The maximum atomic E-state index is 11.6. The monoisotopic (exact) mass is 268 g/mol. The molecule has 0 aromatic heterocycles. The summed E-state index contributed by atoms with van der Waals surface area (Å²) >= 11 is 0. The fraction of sp³-hybridized carbons (Fsp3) is 0.500. The molecule has 1 aromatic rings. The maximum Gasteiger partial charge on any atom is 0.177 e. The summed E-state index contributed by atoms with van der Waals surface area (Å²) in [5.41, 5.74) is 1.33. The Morgan fingerprint density at radius 2 is 1.78 bits per heavy atom. The second-order valence-electron chi connectivity index (χ2n) is 4.09. The summed E-state index contributed by atoms with van der Waals surface area (Å²) in [6, 6.07) is 10.4. The molecule has 0 atom stereocenters. The SMILES string of the molecule is COP(CC(=O)CCCCc1ccccc1)OC. The Labute approximate surface area is 110 Å². The van der Waals surface area contributed by atoms with Crippen molar-refractivity contribution in [3.8, 4) is 0 Å². The number of aryl methyl sites for hydroxylation is 1. The van der Waals surface area contributed by atoms with Gasteiger partial charge in [0.1, 0.15) is 5.78 Å². The van der Waals surface area contributed by atoms with Crippen LogP contribution < -0.4 is 0 Å². The van der Waals surface area contributed by atoms with Crippen LogP contribution >= 0.6 is 8.38 Å².